The number of hydrogen-bond donors (Lipinski definition) is 1. The zero-order chi connectivity index (χ0) is 23.3. The lowest BCUT2D eigenvalue weighted by molar-refractivity contribution is 0.0192. The van der Waals surface area contributed by atoms with Crippen LogP contribution in [0, 0.1) is 0 Å². The number of benzene rings is 1. The Kier molecular flexibility index (Phi) is 5.72. The molecule has 3 aliphatic rings. The molecule has 0 bridgehead atoms. The Morgan fingerprint density at radius 3 is 2.53 bits per heavy atom. The third-order valence-electron chi connectivity index (χ3n) is 5.57. The van der Waals surface area contributed by atoms with Crippen molar-refractivity contribution in [3.05, 3.63) is 18.2 Å². The van der Waals surface area contributed by atoms with Gasteiger partial charge in [0.1, 0.15) is 30.1 Å². The van der Waals surface area contributed by atoms with Crippen LogP contribution in [0.1, 0.15) is 20.8 Å². The highest BCUT2D eigenvalue weighted by Crippen LogP contribution is 2.40. The summed E-state index contributed by atoms with van der Waals surface area (Å²) in [6.45, 7) is 6.45. The van der Waals surface area contributed by atoms with Gasteiger partial charge in [-0.1, -0.05) is 0 Å². The van der Waals surface area contributed by atoms with Gasteiger partial charge in [-0.25, -0.2) is 18.0 Å². The van der Waals surface area contributed by atoms with Crippen molar-refractivity contribution in [2.75, 3.05) is 44.2 Å². The van der Waals surface area contributed by atoms with Crippen LogP contribution in [0.2, 0.25) is 0 Å². The van der Waals surface area contributed by atoms with Crippen molar-refractivity contribution in [1.29, 1.82) is 0 Å². The molecule has 32 heavy (non-hydrogen) atoms. The van der Waals surface area contributed by atoms with Gasteiger partial charge in [-0.2, -0.15) is 4.31 Å². The van der Waals surface area contributed by atoms with Crippen molar-refractivity contribution in [3.8, 4) is 5.75 Å². The summed E-state index contributed by atoms with van der Waals surface area (Å²) in [7, 11) is -3.81. The number of fused-ring (bicyclic) bond motifs is 3. The van der Waals surface area contributed by atoms with E-state index in [1.165, 1.54) is 26.2 Å². The maximum absolute atomic E-state index is 13.2. The molecular formula is C20H28N4O7S. The highest BCUT2D eigenvalue weighted by molar-refractivity contribution is 7.89. The van der Waals surface area contributed by atoms with E-state index in [4.69, 9.17) is 19.9 Å². The third-order valence-corrected chi connectivity index (χ3v) is 7.47. The van der Waals surface area contributed by atoms with E-state index < -0.39 is 33.9 Å². The summed E-state index contributed by atoms with van der Waals surface area (Å²) < 4.78 is 44.1. The predicted octanol–water partition coefficient (Wildman–Crippen LogP) is 0.973. The SMILES string of the molecule is CC(C)(C)OC(=O)N1CCN(S(=O)(=O)c2ccc3c(c2)OC[C@H]2[C@H](CN)OC(=O)N32)CC1. The average Bonchev–Trinajstić information content (AvgIpc) is 3.08. The maximum atomic E-state index is 13.2. The molecule has 0 spiro atoms. The molecule has 3 heterocycles. The fourth-order valence-corrected chi connectivity index (χ4v) is 5.40. The quantitative estimate of drug-likeness (QED) is 0.694. The van der Waals surface area contributed by atoms with Gasteiger partial charge in [-0.15, -0.1) is 0 Å². The second kappa shape index (κ2) is 8.09. The topological polar surface area (TPSA) is 132 Å². The van der Waals surface area contributed by atoms with Crippen molar-refractivity contribution < 1.29 is 32.2 Å². The summed E-state index contributed by atoms with van der Waals surface area (Å²) in [6.07, 6.45) is -1.45. The van der Waals surface area contributed by atoms with Crippen molar-refractivity contribution in [2.45, 2.75) is 43.4 Å². The van der Waals surface area contributed by atoms with E-state index in [1.807, 2.05) is 0 Å². The first-order chi connectivity index (χ1) is 15.0. The number of hydrogen-bond acceptors (Lipinski definition) is 8. The highest BCUT2D eigenvalue weighted by Gasteiger charge is 2.46. The standard InChI is InChI=1S/C20H28N4O7S/c1-20(2,3)31-18(25)22-6-8-23(9-7-22)32(27,28)13-4-5-14-16(10-13)29-12-15-17(11-21)30-19(26)24(14)15/h4-5,10,15,17H,6-9,11-12,21H2,1-3H3/t15-,17-/m0/s1. The normalized spacial score (nSPS) is 23.8. The number of amides is 2. The van der Waals surface area contributed by atoms with Crippen LogP contribution in [0.3, 0.4) is 0 Å². The molecule has 0 aliphatic carbocycles. The molecule has 2 atom stereocenters. The Morgan fingerprint density at radius 2 is 1.91 bits per heavy atom. The van der Waals surface area contributed by atoms with Gasteiger partial charge in [0.25, 0.3) is 0 Å². The summed E-state index contributed by atoms with van der Waals surface area (Å²) in [6, 6.07) is 4.07. The van der Waals surface area contributed by atoms with Gasteiger partial charge < -0.3 is 24.8 Å². The molecule has 176 valence electrons. The van der Waals surface area contributed by atoms with Crippen molar-refractivity contribution in [1.82, 2.24) is 9.21 Å². The molecule has 0 saturated carbocycles. The zero-order valence-electron chi connectivity index (χ0n) is 18.3. The van der Waals surface area contributed by atoms with E-state index in [1.54, 1.807) is 26.8 Å². The van der Waals surface area contributed by atoms with Crippen LogP contribution in [0.25, 0.3) is 0 Å². The molecule has 1 aromatic carbocycles. The van der Waals surface area contributed by atoms with E-state index in [9.17, 15) is 18.0 Å². The lowest BCUT2D eigenvalue weighted by Gasteiger charge is -2.35. The minimum Gasteiger partial charge on any atom is -0.489 e. The van der Waals surface area contributed by atoms with Gasteiger partial charge in [0.2, 0.25) is 10.0 Å². The minimum atomic E-state index is -3.81. The minimum absolute atomic E-state index is 0.0587. The summed E-state index contributed by atoms with van der Waals surface area (Å²) in [5, 5.41) is 0. The number of anilines is 1. The zero-order valence-corrected chi connectivity index (χ0v) is 19.1. The molecular weight excluding hydrogens is 440 g/mol. The lowest BCUT2D eigenvalue weighted by atomic mass is 10.1. The smallest absolute Gasteiger partial charge is 0.415 e. The highest BCUT2D eigenvalue weighted by atomic mass is 32.2. The van der Waals surface area contributed by atoms with E-state index >= 15 is 0 Å². The predicted molar refractivity (Wildman–Crippen MR) is 114 cm³/mol. The first-order valence-corrected chi connectivity index (χ1v) is 11.9. The molecule has 1 aromatic rings. The number of ether oxygens (including phenoxy) is 3. The Bertz CT molecular complexity index is 1020. The number of cyclic esters (lactones) is 1. The summed E-state index contributed by atoms with van der Waals surface area (Å²) in [5.74, 6) is 0.296. The number of piperazine rings is 1. The number of nitrogens with two attached hydrogens (primary N) is 1. The monoisotopic (exact) mass is 468 g/mol. The van der Waals surface area contributed by atoms with Gasteiger partial charge in [0.05, 0.1) is 10.6 Å². The summed E-state index contributed by atoms with van der Waals surface area (Å²) >= 11 is 0. The number of rotatable bonds is 3. The Hall–Kier alpha value is -2.57. The van der Waals surface area contributed by atoms with E-state index in [2.05, 4.69) is 0 Å². The molecule has 12 heteroatoms. The fraction of sp³-hybridized carbons (Fsp3) is 0.600. The van der Waals surface area contributed by atoms with Crippen molar-refractivity contribution >= 4 is 27.9 Å². The van der Waals surface area contributed by atoms with Crippen LogP contribution in [-0.4, -0.2) is 86.9 Å². The molecule has 11 nitrogen and oxygen atoms in total. The largest absolute Gasteiger partial charge is 0.489 e. The van der Waals surface area contributed by atoms with Gasteiger partial charge in [0, 0.05) is 38.8 Å². The molecule has 0 radical (unpaired) electrons. The Morgan fingerprint density at radius 1 is 1.22 bits per heavy atom. The van der Waals surface area contributed by atoms with Crippen LogP contribution >= 0.6 is 0 Å². The number of sulfonamides is 1. The molecule has 0 aromatic heterocycles. The Labute approximate surface area is 187 Å². The molecule has 0 unspecified atom stereocenters. The molecule has 4 rings (SSSR count). The number of nitrogens with zero attached hydrogens (tertiary/aromatic N) is 3. The Balaban J connectivity index is 1.48. The van der Waals surface area contributed by atoms with E-state index in [-0.39, 0.29) is 50.3 Å². The molecule has 3 aliphatic heterocycles. The van der Waals surface area contributed by atoms with E-state index in [0.29, 0.717) is 11.4 Å². The van der Waals surface area contributed by atoms with Crippen LogP contribution in [0.5, 0.6) is 5.75 Å². The first-order valence-electron chi connectivity index (χ1n) is 10.5. The van der Waals surface area contributed by atoms with Gasteiger partial charge >= 0.3 is 12.2 Å². The van der Waals surface area contributed by atoms with Crippen LogP contribution in [-0.2, 0) is 19.5 Å². The second-order valence-electron chi connectivity index (χ2n) is 8.91. The third kappa shape index (κ3) is 4.09. The molecule has 2 amide bonds. The summed E-state index contributed by atoms with van der Waals surface area (Å²) in [4.78, 5) is 27.5. The fourth-order valence-electron chi connectivity index (χ4n) is 3.96. The molecule has 2 fully saturated rings. The summed E-state index contributed by atoms with van der Waals surface area (Å²) in [5.41, 5.74) is 5.51. The van der Waals surface area contributed by atoms with Crippen molar-refractivity contribution in [2.24, 2.45) is 5.73 Å². The second-order valence-corrected chi connectivity index (χ2v) is 10.8. The maximum Gasteiger partial charge on any atom is 0.415 e. The van der Waals surface area contributed by atoms with Gasteiger partial charge in [0.15, 0.2) is 0 Å². The van der Waals surface area contributed by atoms with E-state index in [0.717, 1.165) is 0 Å². The number of carbonyl (C=O) groups is 2. The number of carbonyl (C=O) groups excluding carboxylic acids is 2. The molecule has 2 N–H and O–H groups in total. The van der Waals surface area contributed by atoms with Crippen LogP contribution in [0.4, 0.5) is 15.3 Å². The molecule has 2 saturated heterocycles. The first kappa shape index (κ1) is 22.6. The van der Waals surface area contributed by atoms with Crippen LogP contribution < -0.4 is 15.4 Å². The van der Waals surface area contributed by atoms with Gasteiger partial charge in [-0.3, -0.25) is 4.90 Å². The van der Waals surface area contributed by atoms with Gasteiger partial charge in [-0.05, 0) is 32.9 Å². The van der Waals surface area contributed by atoms with Crippen LogP contribution in [0.15, 0.2) is 23.1 Å². The average molecular weight is 469 g/mol. The lowest BCUT2D eigenvalue weighted by Crippen LogP contribution is -2.51. The van der Waals surface area contributed by atoms with Crippen molar-refractivity contribution in [3.63, 3.8) is 0 Å².